The fraction of sp³-hybridized carbons (Fsp3) is 0. The summed E-state index contributed by atoms with van der Waals surface area (Å²) >= 11 is 7.60. The van der Waals surface area contributed by atoms with Crippen LogP contribution in [0.5, 0.6) is 0 Å². The van der Waals surface area contributed by atoms with Crippen molar-refractivity contribution in [2.75, 3.05) is 5.32 Å². The van der Waals surface area contributed by atoms with E-state index in [1.54, 1.807) is 11.3 Å². The Morgan fingerprint density at radius 1 is 0.645 bits per heavy atom. The minimum absolute atomic E-state index is 0.700. The van der Waals surface area contributed by atoms with Crippen LogP contribution in [-0.2, 0) is 0 Å². The van der Waals surface area contributed by atoms with Crippen LogP contribution >= 0.6 is 22.9 Å². The highest BCUT2D eigenvalue weighted by atomic mass is 35.5. The van der Waals surface area contributed by atoms with Crippen molar-refractivity contribution in [3.63, 3.8) is 0 Å². The number of rotatable bonds is 5. The molecule has 5 rings (SSSR count). The molecule has 0 aliphatic heterocycles. The van der Waals surface area contributed by atoms with E-state index in [2.05, 4.69) is 33.0 Å². The summed E-state index contributed by atoms with van der Waals surface area (Å²) in [5.41, 5.74) is 5.92. The molecule has 0 bridgehead atoms. The third-order valence-electron chi connectivity index (χ3n) is 4.78. The molecule has 2 aromatic heterocycles. The molecular formula is C25H17ClN4S. The molecular weight excluding hydrogens is 424 g/mol. The summed E-state index contributed by atoms with van der Waals surface area (Å²) in [5, 5.41) is 15.7. The van der Waals surface area contributed by atoms with Crippen LogP contribution in [0.25, 0.3) is 33.1 Å². The van der Waals surface area contributed by atoms with Crippen molar-refractivity contribution in [3.8, 4) is 33.1 Å². The second kappa shape index (κ2) is 8.68. The van der Waals surface area contributed by atoms with E-state index in [-0.39, 0.29) is 0 Å². The minimum Gasteiger partial charge on any atom is -0.339 e. The van der Waals surface area contributed by atoms with Crippen LogP contribution in [0, 0.1) is 0 Å². The normalized spacial score (nSPS) is 10.7. The quantitative estimate of drug-likeness (QED) is 0.310. The number of aromatic nitrogens is 3. The molecule has 0 unspecified atom stereocenters. The molecule has 31 heavy (non-hydrogen) atoms. The van der Waals surface area contributed by atoms with Crippen LogP contribution in [0.15, 0.2) is 96.4 Å². The summed E-state index contributed by atoms with van der Waals surface area (Å²) in [4.78, 5) is 4.77. The molecule has 0 saturated heterocycles. The molecule has 0 amide bonds. The average Bonchev–Trinajstić information content (AvgIpc) is 3.31. The third-order valence-corrected chi connectivity index (χ3v) is 5.93. The second-order valence-electron chi connectivity index (χ2n) is 6.92. The molecule has 4 nitrogen and oxygen atoms in total. The van der Waals surface area contributed by atoms with Crippen molar-refractivity contribution in [2.24, 2.45) is 0 Å². The SMILES string of the molecule is Clc1ccc(-c2nc(-c3ccc(Nc4ccc(-c5ccccc5)nn4)cc3)cs2)cc1. The highest BCUT2D eigenvalue weighted by Crippen LogP contribution is 2.30. The first kappa shape index (κ1) is 19.4. The van der Waals surface area contributed by atoms with Gasteiger partial charge in [0.2, 0.25) is 0 Å². The highest BCUT2D eigenvalue weighted by Gasteiger charge is 2.07. The number of hydrogen-bond donors (Lipinski definition) is 1. The molecule has 150 valence electrons. The summed E-state index contributed by atoms with van der Waals surface area (Å²) in [5.74, 6) is 0.700. The van der Waals surface area contributed by atoms with Crippen LogP contribution in [0.1, 0.15) is 0 Å². The third kappa shape index (κ3) is 4.48. The Hall–Kier alpha value is -3.54. The number of thiazole rings is 1. The zero-order valence-corrected chi connectivity index (χ0v) is 17.9. The van der Waals surface area contributed by atoms with Gasteiger partial charge in [0.15, 0.2) is 5.82 Å². The summed E-state index contributed by atoms with van der Waals surface area (Å²) in [7, 11) is 0. The van der Waals surface area contributed by atoms with Gasteiger partial charge in [0.25, 0.3) is 0 Å². The van der Waals surface area contributed by atoms with Gasteiger partial charge in [0, 0.05) is 32.8 Å². The maximum absolute atomic E-state index is 5.98. The molecule has 1 N–H and O–H groups in total. The van der Waals surface area contributed by atoms with E-state index in [1.165, 1.54) is 0 Å². The van der Waals surface area contributed by atoms with E-state index in [0.29, 0.717) is 5.82 Å². The maximum atomic E-state index is 5.98. The predicted octanol–water partition coefficient (Wildman–Crippen LogP) is 7.33. The van der Waals surface area contributed by atoms with E-state index >= 15 is 0 Å². The van der Waals surface area contributed by atoms with Crippen molar-refractivity contribution in [1.29, 1.82) is 0 Å². The van der Waals surface area contributed by atoms with Crippen molar-refractivity contribution < 1.29 is 0 Å². The molecule has 6 heteroatoms. The molecule has 0 aliphatic carbocycles. The molecule has 5 aromatic rings. The summed E-state index contributed by atoms with van der Waals surface area (Å²) < 4.78 is 0. The summed E-state index contributed by atoms with van der Waals surface area (Å²) in [6.07, 6.45) is 0. The lowest BCUT2D eigenvalue weighted by atomic mass is 10.1. The standard InChI is InChI=1S/C25H17ClN4S/c26-20-10-6-19(7-11-20)25-28-23(16-31-25)18-8-12-21(13-9-18)27-24-15-14-22(29-30-24)17-4-2-1-3-5-17/h1-16H,(H,27,30). The van der Waals surface area contributed by atoms with Gasteiger partial charge in [0.1, 0.15) is 5.01 Å². The first-order valence-electron chi connectivity index (χ1n) is 9.73. The van der Waals surface area contributed by atoms with Gasteiger partial charge in [-0.2, -0.15) is 0 Å². The Morgan fingerprint density at radius 3 is 2.06 bits per heavy atom. The Labute approximate surface area is 189 Å². The molecule has 0 radical (unpaired) electrons. The number of anilines is 2. The van der Waals surface area contributed by atoms with Crippen molar-refractivity contribution >= 4 is 34.4 Å². The number of halogens is 1. The van der Waals surface area contributed by atoms with Crippen molar-refractivity contribution in [2.45, 2.75) is 0 Å². The Kier molecular flexibility index (Phi) is 5.44. The average molecular weight is 441 g/mol. The zero-order chi connectivity index (χ0) is 21.0. The molecule has 3 aromatic carbocycles. The van der Waals surface area contributed by atoms with Crippen LogP contribution in [-0.4, -0.2) is 15.2 Å². The van der Waals surface area contributed by atoms with Crippen molar-refractivity contribution in [3.05, 3.63) is 101 Å². The van der Waals surface area contributed by atoms with Crippen LogP contribution in [0.4, 0.5) is 11.5 Å². The number of nitrogens with zero attached hydrogens (tertiary/aromatic N) is 3. The monoisotopic (exact) mass is 440 g/mol. The van der Waals surface area contributed by atoms with Crippen LogP contribution in [0.3, 0.4) is 0 Å². The fourth-order valence-corrected chi connectivity index (χ4v) is 4.13. The lowest BCUT2D eigenvalue weighted by Crippen LogP contribution is -1.96. The van der Waals surface area contributed by atoms with Gasteiger partial charge in [-0.05, 0) is 36.4 Å². The molecule has 0 atom stereocenters. The first-order chi connectivity index (χ1) is 15.2. The van der Waals surface area contributed by atoms with Crippen molar-refractivity contribution in [1.82, 2.24) is 15.2 Å². The van der Waals surface area contributed by atoms with Gasteiger partial charge in [-0.1, -0.05) is 66.2 Å². The summed E-state index contributed by atoms with van der Waals surface area (Å²) in [6.45, 7) is 0. The van der Waals surface area contributed by atoms with Gasteiger partial charge in [-0.3, -0.25) is 0 Å². The molecule has 0 spiro atoms. The maximum Gasteiger partial charge on any atom is 0.153 e. The number of benzene rings is 3. The zero-order valence-electron chi connectivity index (χ0n) is 16.4. The lowest BCUT2D eigenvalue weighted by Gasteiger charge is -2.06. The van der Waals surface area contributed by atoms with E-state index in [1.807, 2.05) is 78.9 Å². The Balaban J connectivity index is 1.29. The molecule has 2 heterocycles. The fourth-order valence-electron chi connectivity index (χ4n) is 3.17. The van der Waals surface area contributed by atoms with Gasteiger partial charge in [-0.25, -0.2) is 4.98 Å². The van der Waals surface area contributed by atoms with Gasteiger partial charge >= 0.3 is 0 Å². The van der Waals surface area contributed by atoms with E-state index in [4.69, 9.17) is 16.6 Å². The molecule has 0 aliphatic rings. The molecule has 0 fully saturated rings. The topological polar surface area (TPSA) is 50.7 Å². The van der Waals surface area contributed by atoms with Gasteiger partial charge in [-0.15, -0.1) is 21.5 Å². The number of nitrogens with one attached hydrogen (secondary N) is 1. The Bertz CT molecular complexity index is 1280. The number of hydrogen-bond acceptors (Lipinski definition) is 5. The second-order valence-corrected chi connectivity index (χ2v) is 8.21. The smallest absolute Gasteiger partial charge is 0.153 e. The first-order valence-corrected chi connectivity index (χ1v) is 11.0. The largest absolute Gasteiger partial charge is 0.339 e. The van der Waals surface area contributed by atoms with E-state index < -0.39 is 0 Å². The van der Waals surface area contributed by atoms with Gasteiger partial charge in [0.05, 0.1) is 11.4 Å². The Morgan fingerprint density at radius 2 is 1.35 bits per heavy atom. The van der Waals surface area contributed by atoms with Crippen LogP contribution in [0.2, 0.25) is 5.02 Å². The predicted molar refractivity (Wildman–Crippen MR) is 129 cm³/mol. The van der Waals surface area contributed by atoms with Gasteiger partial charge < -0.3 is 5.32 Å². The summed E-state index contributed by atoms with van der Waals surface area (Å²) in [6, 6.07) is 29.8. The highest BCUT2D eigenvalue weighted by molar-refractivity contribution is 7.13. The van der Waals surface area contributed by atoms with E-state index in [0.717, 1.165) is 43.8 Å². The minimum atomic E-state index is 0.700. The van der Waals surface area contributed by atoms with E-state index in [9.17, 15) is 0 Å². The van der Waals surface area contributed by atoms with Crippen LogP contribution < -0.4 is 5.32 Å². The lowest BCUT2D eigenvalue weighted by molar-refractivity contribution is 1.04. The molecule has 0 saturated carbocycles.